The number of carbonyl (C=O) groups is 1. The van der Waals surface area contributed by atoms with Crippen LogP contribution in [0.5, 0.6) is 0 Å². The van der Waals surface area contributed by atoms with Crippen molar-refractivity contribution in [3.05, 3.63) is 68.5 Å². The van der Waals surface area contributed by atoms with Gasteiger partial charge in [-0.25, -0.2) is 0 Å². The molecule has 2 unspecified atom stereocenters. The Morgan fingerprint density at radius 2 is 1.88 bits per heavy atom. The number of likely N-dealkylation sites (tertiary alicyclic amines) is 1. The topological polar surface area (TPSA) is 54.3 Å². The lowest BCUT2D eigenvalue weighted by Crippen LogP contribution is -2.52. The van der Waals surface area contributed by atoms with Gasteiger partial charge in [0.2, 0.25) is 0 Å². The molecule has 1 amide bonds. The molecule has 1 saturated heterocycles. The number of hydrogen-bond acceptors (Lipinski definition) is 3. The summed E-state index contributed by atoms with van der Waals surface area (Å²) in [5.74, 6) is 0.428. The van der Waals surface area contributed by atoms with Gasteiger partial charge >= 0.3 is 0 Å². The van der Waals surface area contributed by atoms with Gasteiger partial charge in [-0.05, 0) is 54.9 Å². The number of hydrogen-bond donors (Lipinski definition) is 1. The molecule has 0 radical (unpaired) electrons. The number of aromatic nitrogens is 1. The lowest BCUT2D eigenvalue weighted by molar-refractivity contribution is 0.0968. The van der Waals surface area contributed by atoms with Crippen LogP contribution in [0.4, 0.5) is 0 Å². The van der Waals surface area contributed by atoms with Gasteiger partial charge in [0.05, 0.1) is 0 Å². The van der Waals surface area contributed by atoms with Crippen LogP contribution in [0.1, 0.15) is 28.4 Å². The van der Waals surface area contributed by atoms with Crippen molar-refractivity contribution in [3.8, 4) is 0 Å². The Kier molecular flexibility index (Phi) is 4.67. The lowest BCUT2D eigenvalue weighted by Gasteiger charge is -2.43. The van der Waals surface area contributed by atoms with Crippen molar-refractivity contribution < 1.29 is 4.79 Å². The van der Waals surface area contributed by atoms with E-state index in [2.05, 4.69) is 26.1 Å². The number of benzene rings is 1. The molecule has 26 heavy (non-hydrogen) atoms. The normalized spacial score (nSPS) is 21.0. The van der Waals surface area contributed by atoms with E-state index in [4.69, 9.17) is 12.2 Å². The molecule has 2 aliphatic heterocycles. The predicted molar refractivity (Wildman–Crippen MR) is 107 cm³/mol. The van der Waals surface area contributed by atoms with E-state index in [1.54, 1.807) is 18.2 Å². The first-order valence-corrected chi connectivity index (χ1v) is 9.77. The Balaban J connectivity index is 1.48. The van der Waals surface area contributed by atoms with E-state index < -0.39 is 0 Å². The van der Waals surface area contributed by atoms with E-state index in [9.17, 15) is 9.59 Å². The smallest absolute Gasteiger partial charge is 0.257 e. The summed E-state index contributed by atoms with van der Waals surface area (Å²) in [6, 6.07) is 12.6. The molecule has 0 aliphatic carbocycles. The maximum atomic E-state index is 12.4. The lowest BCUT2D eigenvalue weighted by atomic mass is 9.83. The number of rotatable bonds is 1. The number of thiocarbonyl (C=S) groups is 1. The summed E-state index contributed by atoms with van der Waals surface area (Å²) in [5, 5.41) is 3.30. The SMILES string of the molecule is O=C(NC(=S)N1CC2CC(C1)c1cccc(=O)n1C2)c1ccc(Br)cc1. The maximum absolute atomic E-state index is 12.4. The summed E-state index contributed by atoms with van der Waals surface area (Å²) in [6.45, 7) is 2.20. The first kappa shape index (κ1) is 17.4. The number of pyridine rings is 1. The number of nitrogens with one attached hydrogen (secondary N) is 1. The van der Waals surface area contributed by atoms with Crippen molar-refractivity contribution in [3.63, 3.8) is 0 Å². The van der Waals surface area contributed by atoms with Crippen LogP contribution in [-0.2, 0) is 6.54 Å². The van der Waals surface area contributed by atoms with E-state index >= 15 is 0 Å². The molecule has 1 fully saturated rings. The van der Waals surface area contributed by atoms with Crippen molar-refractivity contribution in [1.82, 2.24) is 14.8 Å². The summed E-state index contributed by atoms with van der Waals surface area (Å²) in [6.07, 6.45) is 1.06. The van der Waals surface area contributed by atoms with Crippen LogP contribution in [0.2, 0.25) is 0 Å². The summed E-state index contributed by atoms with van der Waals surface area (Å²) in [5.41, 5.74) is 1.71. The molecule has 1 N–H and O–H groups in total. The fourth-order valence-corrected chi connectivity index (χ4v) is 4.42. The second-order valence-electron chi connectivity index (χ2n) is 6.87. The molecule has 1 aromatic carbocycles. The van der Waals surface area contributed by atoms with E-state index in [0.29, 0.717) is 23.1 Å². The second-order valence-corrected chi connectivity index (χ2v) is 8.17. The van der Waals surface area contributed by atoms with Crippen LogP contribution in [0.3, 0.4) is 0 Å². The third-order valence-corrected chi connectivity index (χ3v) is 5.98. The van der Waals surface area contributed by atoms with E-state index in [1.165, 1.54) is 0 Å². The summed E-state index contributed by atoms with van der Waals surface area (Å²) in [7, 11) is 0. The Bertz CT molecular complexity index is 925. The highest BCUT2D eigenvalue weighted by molar-refractivity contribution is 9.10. The van der Waals surface area contributed by atoms with Crippen molar-refractivity contribution in [1.29, 1.82) is 0 Å². The number of nitrogens with zero attached hydrogens (tertiary/aromatic N) is 2. The second kappa shape index (κ2) is 6.96. The number of carbonyl (C=O) groups excluding carboxylic acids is 1. The Morgan fingerprint density at radius 1 is 1.12 bits per heavy atom. The number of piperidine rings is 1. The average molecular weight is 432 g/mol. The van der Waals surface area contributed by atoms with Crippen LogP contribution < -0.4 is 10.9 Å². The minimum absolute atomic E-state index is 0.0665. The molecule has 2 aromatic rings. The molecule has 2 atom stereocenters. The zero-order chi connectivity index (χ0) is 18.3. The Morgan fingerprint density at radius 3 is 2.65 bits per heavy atom. The molecule has 1 aromatic heterocycles. The third kappa shape index (κ3) is 3.33. The highest BCUT2D eigenvalue weighted by atomic mass is 79.9. The fraction of sp³-hybridized carbons (Fsp3) is 0.316. The summed E-state index contributed by atoms with van der Waals surface area (Å²) < 4.78 is 2.81. The van der Waals surface area contributed by atoms with Gasteiger partial charge in [0.1, 0.15) is 0 Å². The molecular formula is C19H18BrN3O2S. The van der Waals surface area contributed by atoms with Crippen molar-refractivity contribution in [2.24, 2.45) is 5.92 Å². The van der Waals surface area contributed by atoms with E-state index in [-0.39, 0.29) is 17.4 Å². The minimum Gasteiger partial charge on any atom is -0.348 e. The first-order valence-electron chi connectivity index (χ1n) is 8.57. The molecule has 2 bridgehead atoms. The van der Waals surface area contributed by atoms with Crippen LogP contribution in [-0.4, -0.2) is 33.6 Å². The predicted octanol–water partition coefficient (Wildman–Crippen LogP) is 2.74. The number of fused-ring (bicyclic) bond motifs is 4. The molecule has 134 valence electrons. The van der Waals surface area contributed by atoms with Gasteiger partial charge in [-0.1, -0.05) is 22.0 Å². The van der Waals surface area contributed by atoms with Gasteiger partial charge in [0, 0.05) is 47.3 Å². The molecular weight excluding hydrogens is 414 g/mol. The standard InChI is InChI=1S/C19H18BrN3O2S/c20-15-6-4-13(5-7-15)18(25)21-19(26)22-9-12-8-14(11-22)16-2-1-3-17(24)23(16)10-12/h1-7,12,14H,8-11H2,(H,21,25,26). The van der Waals surface area contributed by atoms with E-state index in [1.807, 2.05) is 28.8 Å². The molecule has 4 rings (SSSR count). The van der Waals surface area contributed by atoms with Crippen LogP contribution in [0.25, 0.3) is 0 Å². The van der Waals surface area contributed by atoms with Crippen molar-refractivity contribution >= 4 is 39.2 Å². The molecule has 5 nitrogen and oxygen atoms in total. The molecule has 3 heterocycles. The summed E-state index contributed by atoms with van der Waals surface area (Å²) >= 11 is 8.86. The Labute approximate surface area is 165 Å². The van der Waals surface area contributed by atoms with Gasteiger partial charge < -0.3 is 9.47 Å². The quantitative estimate of drug-likeness (QED) is 0.705. The maximum Gasteiger partial charge on any atom is 0.257 e. The highest BCUT2D eigenvalue weighted by Gasteiger charge is 2.35. The monoisotopic (exact) mass is 431 g/mol. The zero-order valence-corrected chi connectivity index (χ0v) is 16.4. The van der Waals surface area contributed by atoms with E-state index in [0.717, 1.165) is 29.7 Å². The zero-order valence-electron chi connectivity index (χ0n) is 14.0. The van der Waals surface area contributed by atoms with Gasteiger partial charge in [0.15, 0.2) is 5.11 Å². The molecule has 0 spiro atoms. The third-order valence-electron chi connectivity index (χ3n) is 5.09. The number of amides is 1. The van der Waals surface area contributed by atoms with Gasteiger partial charge in [-0.3, -0.25) is 14.9 Å². The number of halogens is 1. The van der Waals surface area contributed by atoms with Crippen LogP contribution in [0, 0.1) is 5.92 Å². The first-order chi connectivity index (χ1) is 12.5. The van der Waals surface area contributed by atoms with Crippen molar-refractivity contribution in [2.75, 3.05) is 13.1 Å². The fourth-order valence-electron chi connectivity index (χ4n) is 3.91. The van der Waals surface area contributed by atoms with Crippen LogP contribution in [0.15, 0.2) is 51.7 Å². The highest BCUT2D eigenvalue weighted by Crippen LogP contribution is 2.34. The molecule has 2 aliphatic rings. The van der Waals surface area contributed by atoms with Gasteiger partial charge in [-0.2, -0.15) is 0 Å². The average Bonchev–Trinajstić information content (AvgIpc) is 2.63. The van der Waals surface area contributed by atoms with Crippen LogP contribution >= 0.6 is 28.1 Å². The minimum atomic E-state index is -0.199. The largest absolute Gasteiger partial charge is 0.348 e. The van der Waals surface area contributed by atoms with Crippen molar-refractivity contribution in [2.45, 2.75) is 18.9 Å². The summed E-state index contributed by atoms with van der Waals surface area (Å²) in [4.78, 5) is 26.6. The van der Waals surface area contributed by atoms with Gasteiger partial charge in [0.25, 0.3) is 11.5 Å². The molecule has 7 heteroatoms. The molecule has 0 saturated carbocycles. The Hall–Kier alpha value is -1.99. The van der Waals surface area contributed by atoms with Gasteiger partial charge in [-0.15, -0.1) is 0 Å².